The van der Waals surface area contributed by atoms with Gasteiger partial charge in [0.15, 0.2) is 0 Å². The Kier molecular flexibility index (Phi) is 3.53. The van der Waals surface area contributed by atoms with E-state index in [1.54, 1.807) is 11.4 Å². The third-order valence-electron chi connectivity index (χ3n) is 3.01. The number of carboxylic acids is 1. The molecule has 0 unspecified atom stereocenters. The van der Waals surface area contributed by atoms with Gasteiger partial charge in [0.2, 0.25) is 0 Å². The molecule has 0 atom stereocenters. The van der Waals surface area contributed by atoms with Crippen molar-refractivity contribution in [2.75, 3.05) is 0 Å². The summed E-state index contributed by atoms with van der Waals surface area (Å²) >= 11 is 4.73. The van der Waals surface area contributed by atoms with Gasteiger partial charge in [-0.1, -0.05) is 0 Å². The number of hydrogen-bond donors (Lipinski definition) is 2. The van der Waals surface area contributed by atoms with E-state index >= 15 is 0 Å². The van der Waals surface area contributed by atoms with Crippen molar-refractivity contribution in [2.24, 2.45) is 0 Å². The molecule has 1 saturated carbocycles. The molecular formula is C11H12BrNO3S. The molecule has 1 amide bonds. The van der Waals surface area contributed by atoms with E-state index in [1.807, 2.05) is 0 Å². The molecule has 0 bridgehead atoms. The van der Waals surface area contributed by atoms with Crippen LogP contribution in [0.2, 0.25) is 0 Å². The highest BCUT2D eigenvalue weighted by atomic mass is 79.9. The van der Waals surface area contributed by atoms with Gasteiger partial charge in [-0.3, -0.25) is 9.59 Å². The van der Waals surface area contributed by atoms with Gasteiger partial charge in [0.1, 0.15) is 0 Å². The van der Waals surface area contributed by atoms with Crippen molar-refractivity contribution < 1.29 is 14.7 Å². The molecule has 1 aromatic rings. The summed E-state index contributed by atoms with van der Waals surface area (Å²) in [5, 5.41) is 13.5. The number of aliphatic carboxylic acids is 1. The van der Waals surface area contributed by atoms with E-state index in [9.17, 15) is 9.59 Å². The first-order chi connectivity index (χ1) is 8.01. The molecule has 0 aliphatic heterocycles. The molecule has 0 spiro atoms. The van der Waals surface area contributed by atoms with Crippen molar-refractivity contribution >= 4 is 39.1 Å². The van der Waals surface area contributed by atoms with Crippen LogP contribution in [-0.2, 0) is 4.79 Å². The minimum Gasteiger partial charge on any atom is -0.481 e. The molecule has 1 aliphatic carbocycles. The second kappa shape index (κ2) is 4.78. The topological polar surface area (TPSA) is 66.4 Å². The second-order valence-corrected chi connectivity index (χ2v) is 6.59. The number of carbonyl (C=O) groups is 2. The van der Waals surface area contributed by atoms with Crippen molar-refractivity contribution in [3.05, 3.63) is 20.8 Å². The van der Waals surface area contributed by atoms with Gasteiger partial charge in [-0.25, -0.2) is 0 Å². The zero-order chi connectivity index (χ0) is 12.5. The summed E-state index contributed by atoms with van der Waals surface area (Å²) in [6.45, 7) is 0. The van der Waals surface area contributed by atoms with Gasteiger partial charge in [-0.05, 0) is 41.3 Å². The normalized spacial score (nSPS) is 17.2. The van der Waals surface area contributed by atoms with Crippen LogP contribution < -0.4 is 5.32 Å². The number of hydrogen-bond acceptors (Lipinski definition) is 3. The van der Waals surface area contributed by atoms with Crippen molar-refractivity contribution in [1.29, 1.82) is 0 Å². The minimum absolute atomic E-state index is 0.00401. The quantitative estimate of drug-likeness (QED) is 0.897. The Labute approximate surface area is 111 Å². The van der Waals surface area contributed by atoms with E-state index in [1.165, 1.54) is 11.3 Å². The predicted molar refractivity (Wildman–Crippen MR) is 68.3 cm³/mol. The van der Waals surface area contributed by atoms with Gasteiger partial charge in [0, 0.05) is 5.38 Å². The first-order valence-corrected chi connectivity index (χ1v) is 6.96. The summed E-state index contributed by atoms with van der Waals surface area (Å²) in [7, 11) is 0. The van der Waals surface area contributed by atoms with Crippen LogP contribution in [0.1, 0.15) is 36.0 Å². The number of nitrogens with one attached hydrogen (secondary N) is 1. The first kappa shape index (κ1) is 12.6. The number of carbonyl (C=O) groups excluding carboxylic acids is 1. The highest BCUT2D eigenvalue weighted by Crippen LogP contribution is 2.35. The van der Waals surface area contributed by atoms with Gasteiger partial charge in [0.05, 0.1) is 21.3 Å². The summed E-state index contributed by atoms with van der Waals surface area (Å²) < 4.78 is 0.892. The molecule has 6 heteroatoms. The molecule has 17 heavy (non-hydrogen) atoms. The van der Waals surface area contributed by atoms with Gasteiger partial charge >= 0.3 is 5.97 Å². The van der Waals surface area contributed by atoms with Crippen molar-refractivity contribution in [1.82, 2.24) is 5.32 Å². The van der Waals surface area contributed by atoms with Crippen LogP contribution in [0.5, 0.6) is 0 Å². The fraction of sp³-hybridized carbons (Fsp3) is 0.455. The van der Waals surface area contributed by atoms with E-state index in [-0.39, 0.29) is 12.3 Å². The van der Waals surface area contributed by atoms with Gasteiger partial charge in [-0.2, -0.15) is 0 Å². The van der Waals surface area contributed by atoms with Crippen LogP contribution in [0, 0.1) is 0 Å². The number of halogens is 1. The lowest BCUT2D eigenvalue weighted by molar-refractivity contribution is -0.139. The number of carboxylic acid groups (broad SMARTS) is 1. The smallest absolute Gasteiger partial charge is 0.305 e. The SMILES string of the molecule is O=C(O)CC1(NC(=O)c2csc(Br)c2)CCC1. The molecule has 1 aliphatic rings. The maximum absolute atomic E-state index is 11.9. The van der Waals surface area contributed by atoms with Crippen LogP contribution in [0.3, 0.4) is 0 Å². The predicted octanol–water partition coefficient (Wildman–Crippen LogP) is 2.64. The van der Waals surface area contributed by atoms with Gasteiger partial charge < -0.3 is 10.4 Å². The van der Waals surface area contributed by atoms with E-state index in [4.69, 9.17) is 5.11 Å². The van der Waals surface area contributed by atoms with Crippen LogP contribution in [-0.4, -0.2) is 22.5 Å². The van der Waals surface area contributed by atoms with Crippen LogP contribution in [0.15, 0.2) is 15.2 Å². The molecule has 0 saturated heterocycles. The molecule has 2 N–H and O–H groups in total. The van der Waals surface area contributed by atoms with E-state index in [2.05, 4.69) is 21.2 Å². The van der Waals surface area contributed by atoms with Gasteiger partial charge in [-0.15, -0.1) is 11.3 Å². The summed E-state index contributed by atoms with van der Waals surface area (Å²) in [6.07, 6.45) is 2.47. The molecule has 1 fully saturated rings. The maximum Gasteiger partial charge on any atom is 0.305 e. The lowest BCUT2D eigenvalue weighted by Gasteiger charge is -2.41. The minimum atomic E-state index is -0.864. The third-order valence-corrected chi connectivity index (χ3v) is 4.51. The van der Waals surface area contributed by atoms with Crippen LogP contribution >= 0.6 is 27.3 Å². The molecule has 1 aromatic heterocycles. The van der Waals surface area contributed by atoms with E-state index < -0.39 is 11.5 Å². The zero-order valence-electron chi connectivity index (χ0n) is 9.03. The Balaban J connectivity index is 2.04. The number of rotatable bonds is 4. The Morgan fingerprint density at radius 3 is 2.65 bits per heavy atom. The summed E-state index contributed by atoms with van der Waals surface area (Å²) in [6, 6.07) is 1.74. The molecule has 2 rings (SSSR count). The summed E-state index contributed by atoms with van der Waals surface area (Å²) in [5.74, 6) is -1.05. The lowest BCUT2D eigenvalue weighted by atomic mass is 9.74. The summed E-state index contributed by atoms with van der Waals surface area (Å²) in [4.78, 5) is 22.7. The van der Waals surface area contributed by atoms with Crippen molar-refractivity contribution in [3.8, 4) is 0 Å². The maximum atomic E-state index is 11.9. The average Bonchev–Trinajstić information content (AvgIpc) is 2.60. The first-order valence-electron chi connectivity index (χ1n) is 5.29. The molecule has 92 valence electrons. The highest BCUT2D eigenvalue weighted by Gasteiger charge is 2.40. The zero-order valence-corrected chi connectivity index (χ0v) is 11.4. The molecule has 0 radical (unpaired) electrons. The molecule has 0 aromatic carbocycles. The number of thiophene rings is 1. The standard InChI is InChI=1S/C11H12BrNO3S/c12-8-4-7(6-17-8)10(16)13-11(2-1-3-11)5-9(14)15/h4,6H,1-3,5H2,(H,13,16)(H,14,15). The fourth-order valence-electron chi connectivity index (χ4n) is 1.98. The largest absolute Gasteiger partial charge is 0.481 e. The fourth-order valence-corrected chi connectivity index (χ4v) is 3.12. The Bertz CT molecular complexity index is 453. The summed E-state index contributed by atoms with van der Waals surface area (Å²) in [5.41, 5.74) is 0.0516. The Morgan fingerprint density at radius 1 is 1.53 bits per heavy atom. The second-order valence-electron chi connectivity index (χ2n) is 4.30. The van der Waals surface area contributed by atoms with Crippen molar-refractivity contribution in [3.63, 3.8) is 0 Å². The highest BCUT2D eigenvalue weighted by molar-refractivity contribution is 9.11. The Hall–Kier alpha value is -0.880. The number of amides is 1. The molecular weight excluding hydrogens is 306 g/mol. The van der Waals surface area contributed by atoms with E-state index in [0.29, 0.717) is 5.56 Å². The molecule has 1 heterocycles. The monoisotopic (exact) mass is 317 g/mol. The molecule has 4 nitrogen and oxygen atoms in total. The van der Waals surface area contributed by atoms with Crippen molar-refractivity contribution in [2.45, 2.75) is 31.2 Å². The third kappa shape index (κ3) is 2.87. The van der Waals surface area contributed by atoms with Crippen LogP contribution in [0.4, 0.5) is 0 Å². The van der Waals surface area contributed by atoms with E-state index in [0.717, 1.165) is 23.0 Å². The Morgan fingerprint density at radius 2 is 2.24 bits per heavy atom. The lowest BCUT2D eigenvalue weighted by Crippen LogP contribution is -2.54. The van der Waals surface area contributed by atoms with Gasteiger partial charge in [0.25, 0.3) is 5.91 Å². The van der Waals surface area contributed by atoms with Crippen LogP contribution in [0.25, 0.3) is 0 Å². The average molecular weight is 318 g/mol.